The molecule has 0 aromatic carbocycles. The van der Waals surface area contributed by atoms with Crippen LogP contribution in [0.5, 0.6) is 0 Å². The van der Waals surface area contributed by atoms with E-state index in [1.807, 2.05) is 20.8 Å². The van der Waals surface area contributed by atoms with Crippen LogP contribution in [0.25, 0.3) is 0 Å². The number of hydrogen-bond donors (Lipinski definition) is 11. The van der Waals surface area contributed by atoms with Gasteiger partial charge in [-0.1, -0.05) is 49.0 Å². The molecule has 0 aliphatic heterocycles. The van der Waals surface area contributed by atoms with Gasteiger partial charge < -0.3 is 60.2 Å². The Morgan fingerprint density at radius 1 is 0.397 bits per heavy atom. The lowest BCUT2D eigenvalue weighted by molar-refractivity contribution is -0.136. The number of rotatable bonds is 31. The third-order valence-corrected chi connectivity index (χ3v) is 10.0. The molecule has 19 nitrogen and oxygen atoms in total. The van der Waals surface area contributed by atoms with E-state index in [1.165, 1.54) is 20.8 Å². The van der Waals surface area contributed by atoms with Crippen molar-refractivity contribution in [2.75, 3.05) is 26.2 Å². The second kappa shape index (κ2) is 31.6. The third-order valence-electron chi connectivity index (χ3n) is 10.0. The van der Waals surface area contributed by atoms with Crippen LogP contribution in [-0.4, -0.2) is 116 Å². The van der Waals surface area contributed by atoms with E-state index in [1.54, 1.807) is 20.8 Å². The van der Waals surface area contributed by atoms with E-state index >= 15 is 0 Å². The number of ketones is 1. The number of hydrogen-bond acceptors (Lipinski definition) is 12. The second-order valence-electron chi connectivity index (χ2n) is 18.5. The highest BCUT2D eigenvalue weighted by Crippen LogP contribution is 2.20. The molecule has 0 spiro atoms. The topological polar surface area (TPSA) is 325 Å². The standard InChI is InChI=1S/C43H83N11O8.CH4/c1-27(49-39(60)31(19-11-15-23-45)51-34(55)26-42(4,5)6)36(57)48-28(2)38(59)53-33(21-13-17-25-47)41(62)54-32(20-12-16-24-46)40(61)50-29(3)37(58)52-30(18-10-14-22-44)35(56)43(7,8)9;/h27-33H,10-26,44-47H2,1-9H3,(H,48,57)(H,49,60)(H,50,61)(H,51,55)(H,52,58)(H,53,59)(H,54,62);1H4. The zero-order valence-corrected chi connectivity index (χ0v) is 39.1. The summed E-state index contributed by atoms with van der Waals surface area (Å²) in [4.78, 5) is 106. The van der Waals surface area contributed by atoms with Crippen LogP contribution in [0.2, 0.25) is 0 Å². The van der Waals surface area contributed by atoms with Crippen LogP contribution in [0.15, 0.2) is 0 Å². The first kappa shape index (κ1) is 60.9. The van der Waals surface area contributed by atoms with Crippen molar-refractivity contribution in [2.24, 2.45) is 33.8 Å². The number of nitrogens with two attached hydrogens (primary N) is 4. The van der Waals surface area contributed by atoms with Crippen LogP contribution in [0.3, 0.4) is 0 Å². The van der Waals surface area contributed by atoms with Crippen LogP contribution in [0, 0.1) is 10.8 Å². The van der Waals surface area contributed by atoms with Crippen LogP contribution in [-0.2, 0) is 38.4 Å². The molecule has 0 heterocycles. The summed E-state index contributed by atoms with van der Waals surface area (Å²) in [6, 6.07) is -7.19. The Morgan fingerprint density at radius 2 is 0.667 bits per heavy atom. The highest BCUT2D eigenvalue weighted by molar-refractivity contribution is 5.98. The molecule has 0 aliphatic rings. The van der Waals surface area contributed by atoms with Gasteiger partial charge >= 0.3 is 0 Å². The summed E-state index contributed by atoms with van der Waals surface area (Å²) in [5.74, 6) is -4.25. The fraction of sp³-hybridized carbons (Fsp3) is 0.818. The average Bonchev–Trinajstić information content (AvgIpc) is 3.17. The van der Waals surface area contributed by atoms with Crippen LogP contribution in [0.4, 0.5) is 0 Å². The summed E-state index contributed by atoms with van der Waals surface area (Å²) in [7, 11) is 0. The van der Waals surface area contributed by atoms with Crippen LogP contribution < -0.4 is 60.2 Å². The Bertz CT molecular complexity index is 1430. The lowest BCUT2D eigenvalue weighted by atomic mass is 9.84. The first-order valence-electron chi connectivity index (χ1n) is 22.4. The van der Waals surface area contributed by atoms with Gasteiger partial charge in [0, 0.05) is 11.8 Å². The summed E-state index contributed by atoms with van der Waals surface area (Å²) >= 11 is 0. The number of amides is 7. The van der Waals surface area contributed by atoms with Gasteiger partial charge in [-0.15, -0.1) is 0 Å². The third kappa shape index (κ3) is 26.3. The average molecular weight is 898 g/mol. The Labute approximate surface area is 377 Å². The van der Waals surface area contributed by atoms with Gasteiger partial charge in [0.05, 0.1) is 6.04 Å². The van der Waals surface area contributed by atoms with E-state index in [2.05, 4.69) is 37.2 Å². The molecule has 7 atom stereocenters. The van der Waals surface area contributed by atoms with Crippen molar-refractivity contribution in [2.45, 2.75) is 196 Å². The van der Waals surface area contributed by atoms with E-state index < -0.39 is 83.2 Å². The van der Waals surface area contributed by atoms with Crippen molar-refractivity contribution >= 4 is 47.1 Å². The van der Waals surface area contributed by atoms with Crippen molar-refractivity contribution in [1.82, 2.24) is 37.2 Å². The number of nitrogens with one attached hydrogen (secondary N) is 7. The molecule has 0 aliphatic carbocycles. The minimum absolute atomic E-state index is 0. The summed E-state index contributed by atoms with van der Waals surface area (Å²) < 4.78 is 0. The maximum Gasteiger partial charge on any atom is 0.243 e. The van der Waals surface area contributed by atoms with Gasteiger partial charge in [-0.3, -0.25) is 38.4 Å². The molecule has 366 valence electrons. The highest BCUT2D eigenvalue weighted by Gasteiger charge is 2.34. The van der Waals surface area contributed by atoms with Gasteiger partial charge in [0.15, 0.2) is 5.78 Å². The van der Waals surface area contributed by atoms with Gasteiger partial charge in [-0.25, -0.2) is 0 Å². The molecule has 0 bridgehead atoms. The minimum atomic E-state index is -1.15. The van der Waals surface area contributed by atoms with Gasteiger partial charge in [0.2, 0.25) is 41.4 Å². The van der Waals surface area contributed by atoms with E-state index in [-0.39, 0.29) is 43.8 Å². The number of carbonyl (C=O) groups is 8. The lowest BCUT2D eigenvalue weighted by Gasteiger charge is -2.28. The molecule has 0 rings (SSSR count). The van der Waals surface area contributed by atoms with Gasteiger partial charge in [-0.2, -0.15) is 0 Å². The minimum Gasteiger partial charge on any atom is -0.344 e. The van der Waals surface area contributed by atoms with Crippen LogP contribution in [0.1, 0.15) is 153 Å². The first-order valence-corrected chi connectivity index (χ1v) is 22.4. The summed E-state index contributed by atoms with van der Waals surface area (Å²) in [5.41, 5.74) is 21.6. The SMILES string of the molecule is C.CC(NC(=O)C(C)NC(=O)C(CCCCN)NC(=O)CC(C)(C)C)C(=O)NC(CCCCN)C(=O)NC(CCCCN)C(=O)NC(C)C(=O)NC(CCCCN)C(=O)C(C)(C)C. The molecular weight excluding hydrogens is 811 g/mol. The van der Waals surface area contributed by atoms with Crippen molar-refractivity contribution in [3.63, 3.8) is 0 Å². The second-order valence-corrected chi connectivity index (χ2v) is 18.5. The predicted molar refractivity (Wildman–Crippen MR) is 247 cm³/mol. The molecule has 0 aromatic rings. The maximum atomic E-state index is 13.8. The molecule has 0 fully saturated rings. The molecule has 0 radical (unpaired) electrons. The molecule has 19 heteroatoms. The quantitative estimate of drug-likeness (QED) is 0.0428. The van der Waals surface area contributed by atoms with Gasteiger partial charge in [0.1, 0.15) is 36.3 Å². The lowest BCUT2D eigenvalue weighted by Crippen LogP contribution is -2.59. The molecule has 0 aromatic heterocycles. The Morgan fingerprint density at radius 3 is 1.00 bits per heavy atom. The largest absolute Gasteiger partial charge is 0.344 e. The van der Waals surface area contributed by atoms with E-state index in [9.17, 15) is 38.4 Å². The van der Waals surface area contributed by atoms with E-state index in [0.717, 1.165) is 0 Å². The molecule has 0 saturated carbocycles. The smallest absolute Gasteiger partial charge is 0.243 e. The summed E-state index contributed by atoms with van der Waals surface area (Å²) in [6.07, 6.45) is 5.81. The monoisotopic (exact) mass is 898 g/mol. The number of Topliss-reactive ketones (excluding diaryl/α,β-unsaturated/α-hetero) is 1. The van der Waals surface area contributed by atoms with Crippen molar-refractivity contribution < 1.29 is 38.4 Å². The Kier molecular flexibility index (Phi) is 30.6. The Hall–Kier alpha value is -4.20. The zero-order chi connectivity index (χ0) is 47.6. The first-order chi connectivity index (χ1) is 28.9. The molecule has 15 N–H and O–H groups in total. The molecular formula is C44H87N11O8. The predicted octanol–water partition coefficient (Wildman–Crippen LogP) is 0.643. The molecule has 63 heavy (non-hydrogen) atoms. The van der Waals surface area contributed by atoms with Gasteiger partial charge in [0.25, 0.3) is 0 Å². The fourth-order valence-corrected chi connectivity index (χ4v) is 6.32. The Balaban J connectivity index is 0. The van der Waals surface area contributed by atoms with Gasteiger partial charge in [-0.05, 0) is 129 Å². The molecule has 7 unspecified atom stereocenters. The van der Waals surface area contributed by atoms with Crippen molar-refractivity contribution in [3.05, 3.63) is 0 Å². The van der Waals surface area contributed by atoms with Crippen molar-refractivity contribution in [1.29, 1.82) is 0 Å². The number of unbranched alkanes of at least 4 members (excludes halogenated alkanes) is 4. The summed E-state index contributed by atoms with van der Waals surface area (Å²) in [5, 5.41) is 18.8. The normalized spacial score (nSPS) is 14.8. The maximum absolute atomic E-state index is 13.8. The fourth-order valence-electron chi connectivity index (χ4n) is 6.32. The molecule has 7 amide bonds. The van der Waals surface area contributed by atoms with Crippen molar-refractivity contribution in [3.8, 4) is 0 Å². The highest BCUT2D eigenvalue weighted by atomic mass is 16.2. The van der Waals surface area contributed by atoms with Crippen LogP contribution >= 0.6 is 0 Å². The number of carbonyl (C=O) groups excluding carboxylic acids is 8. The zero-order valence-electron chi connectivity index (χ0n) is 39.1. The van der Waals surface area contributed by atoms with E-state index in [0.29, 0.717) is 90.4 Å². The summed E-state index contributed by atoms with van der Waals surface area (Å²) in [6.45, 7) is 16.9. The molecule has 0 saturated heterocycles. The van der Waals surface area contributed by atoms with E-state index in [4.69, 9.17) is 22.9 Å².